The van der Waals surface area contributed by atoms with Crippen molar-refractivity contribution in [2.24, 2.45) is 0 Å². The van der Waals surface area contributed by atoms with Gasteiger partial charge in [0.15, 0.2) is 0 Å². The lowest BCUT2D eigenvalue weighted by molar-refractivity contribution is -0.248. The van der Waals surface area contributed by atoms with Crippen LogP contribution in [0.4, 0.5) is 13.2 Å². The second-order valence-corrected chi connectivity index (χ2v) is 6.07. The summed E-state index contributed by atoms with van der Waals surface area (Å²) >= 11 is 11.7. The Bertz CT molecular complexity index is 809. The van der Waals surface area contributed by atoms with Gasteiger partial charge >= 0.3 is 6.18 Å². The molecule has 2 nitrogen and oxygen atoms in total. The third-order valence-corrected chi connectivity index (χ3v) is 4.14. The minimum absolute atomic E-state index is 0.0911. The number of nitriles is 1. The number of halogens is 5. The lowest BCUT2D eigenvalue weighted by Gasteiger charge is -2.31. The normalized spacial score (nSPS) is 19.8. The molecule has 2 aromatic carbocycles. The predicted octanol–water partition coefficient (Wildman–Crippen LogP) is 5.26. The third kappa shape index (κ3) is 2.62. The second kappa shape index (κ2) is 5.33. The highest BCUT2D eigenvalue weighted by Crippen LogP contribution is 2.51. The maximum Gasteiger partial charge on any atom is 0.432 e. The third-order valence-electron chi connectivity index (χ3n) is 3.70. The molecule has 0 fully saturated rings. The Balaban J connectivity index is 2.17. The first-order valence-corrected chi connectivity index (χ1v) is 7.26. The molecule has 0 saturated carbocycles. The number of hydrogen-bond acceptors (Lipinski definition) is 2. The summed E-state index contributed by atoms with van der Waals surface area (Å²) in [5.41, 5.74) is -2.15. The Morgan fingerprint density at radius 2 is 1.74 bits per heavy atom. The van der Waals surface area contributed by atoms with Gasteiger partial charge in [0.1, 0.15) is 5.75 Å². The molecule has 7 heteroatoms. The van der Waals surface area contributed by atoms with Crippen molar-refractivity contribution in [1.29, 1.82) is 5.26 Å². The summed E-state index contributed by atoms with van der Waals surface area (Å²) in [6.45, 7) is 0. The van der Waals surface area contributed by atoms with Crippen molar-refractivity contribution in [3.05, 3.63) is 63.1 Å². The zero-order chi connectivity index (χ0) is 16.8. The monoisotopic (exact) mass is 357 g/mol. The molecule has 2 aromatic rings. The molecule has 118 valence electrons. The van der Waals surface area contributed by atoms with Gasteiger partial charge < -0.3 is 4.74 Å². The van der Waals surface area contributed by atoms with E-state index in [1.54, 1.807) is 0 Å². The summed E-state index contributed by atoms with van der Waals surface area (Å²) in [5.74, 6) is 0.0948. The van der Waals surface area contributed by atoms with Crippen LogP contribution < -0.4 is 4.74 Å². The molecule has 0 saturated heterocycles. The number of fused-ring (bicyclic) bond motifs is 1. The lowest BCUT2D eigenvalue weighted by atomic mass is 9.88. The van der Waals surface area contributed by atoms with Crippen molar-refractivity contribution >= 4 is 23.2 Å². The minimum Gasteiger partial charge on any atom is -0.472 e. The highest BCUT2D eigenvalue weighted by atomic mass is 35.5. The molecule has 1 atom stereocenters. The van der Waals surface area contributed by atoms with Crippen LogP contribution >= 0.6 is 23.2 Å². The van der Waals surface area contributed by atoms with E-state index in [-0.39, 0.29) is 26.9 Å². The summed E-state index contributed by atoms with van der Waals surface area (Å²) in [6.07, 6.45) is -5.13. The standard InChI is InChI=1S/C16H8Cl2F3NO/c17-12-4-11(5-13(18)6-12)15(16(19,20)21)7-10-3-9(8-22)1-2-14(10)23-15/h1-6H,7H2. The number of rotatable bonds is 1. The SMILES string of the molecule is N#Cc1ccc2c(c1)CC(c1cc(Cl)cc(Cl)c1)(C(F)(F)F)O2. The first-order valence-electron chi connectivity index (χ1n) is 6.50. The summed E-state index contributed by atoms with van der Waals surface area (Å²) in [5, 5.41) is 9.08. The molecule has 3 rings (SSSR count). The fourth-order valence-electron chi connectivity index (χ4n) is 2.65. The van der Waals surface area contributed by atoms with Gasteiger partial charge in [0, 0.05) is 27.6 Å². The van der Waals surface area contributed by atoms with Gasteiger partial charge in [-0.05, 0) is 36.4 Å². The van der Waals surface area contributed by atoms with Gasteiger partial charge in [0.25, 0.3) is 0 Å². The average Bonchev–Trinajstić information content (AvgIpc) is 2.85. The smallest absolute Gasteiger partial charge is 0.432 e. The molecule has 1 aliphatic heterocycles. The minimum atomic E-state index is -4.69. The number of alkyl halides is 3. The number of benzene rings is 2. The van der Waals surface area contributed by atoms with Crippen molar-refractivity contribution in [3.63, 3.8) is 0 Å². The van der Waals surface area contributed by atoms with Crippen LogP contribution in [0.1, 0.15) is 16.7 Å². The number of ether oxygens (including phenoxy) is 1. The van der Waals surface area contributed by atoms with Crippen molar-refractivity contribution in [2.45, 2.75) is 18.2 Å². The average molecular weight is 358 g/mol. The van der Waals surface area contributed by atoms with Gasteiger partial charge in [-0.1, -0.05) is 23.2 Å². The molecule has 1 unspecified atom stereocenters. The van der Waals surface area contributed by atoms with Crippen LogP contribution in [0.15, 0.2) is 36.4 Å². The molecule has 0 amide bonds. The zero-order valence-corrected chi connectivity index (χ0v) is 12.9. The van der Waals surface area contributed by atoms with E-state index in [2.05, 4.69) is 0 Å². The van der Waals surface area contributed by atoms with Gasteiger partial charge in [-0.2, -0.15) is 18.4 Å². The van der Waals surface area contributed by atoms with Crippen LogP contribution in [0.25, 0.3) is 0 Å². The first-order chi connectivity index (χ1) is 10.7. The van der Waals surface area contributed by atoms with Crippen molar-refractivity contribution in [3.8, 4) is 11.8 Å². The van der Waals surface area contributed by atoms with E-state index in [1.807, 2.05) is 6.07 Å². The Hall–Kier alpha value is -1.90. The molecule has 0 aliphatic carbocycles. The molecule has 23 heavy (non-hydrogen) atoms. The molecule has 1 heterocycles. The molecule has 0 bridgehead atoms. The Kier molecular flexibility index (Phi) is 3.70. The van der Waals surface area contributed by atoms with E-state index in [4.69, 9.17) is 33.2 Å². The molecule has 0 aromatic heterocycles. The molecular formula is C16H8Cl2F3NO. The van der Waals surface area contributed by atoms with Crippen LogP contribution in [0, 0.1) is 11.3 Å². The molecule has 0 spiro atoms. The quantitative estimate of drug-likeness (QED) is 0.697. The van der Waals surface area contributed by atoms with E-state index >= 15 is 0 Å². The number of hydrogen-bond donors (Lipinski definition) is 0. The predicted molar refractivity (Wildman–Crippen MR) is 79.7 cm³/mol. The van der Waals surface area contributed by atoms with Gasteiger partial charge in [-0.15, -0.1) is 0 Å². The van der Waals surface area contributed by atoms with E-state index in [9.17, 15) is 13.2 Å². The Labute approximate surface area is 140 Å². The topological polar surface area (TPSA) is 33.0 Å². The van der Waals surface area contributed by atoms with Crippen LogP contribution in [0.3, 0.4) is 0 Å². The summed E-state index contributed by atoms with van der Waals surface area (Å²) < 4.78 is 46.8. The van der Waals surface area contributed by atoms with Crippen molar-refractivity contribution in [1.82, 2.24) is 0 Å². The van der Waals surface area contributed by atoms with Gasteiger partial charge in [-0.25, -0.2) is 0 Å². The van der Waals surface area contributed by atoms with E-state index in [1.165, 1.54) is 36.4 Å². The summed E-state index contributed by atoms with van der Waals surface area (Å²) in [4.78, 5) is 0. The Morgan fingerprint density at radius 3 is 2.30 bits per heavy atom. The summed E-state index contributed by atoms with van der Waals surface area (Å²) in [6, 6.07) is 9.82. The van der Waals surface area contributed by atoms with Crippen molar-refractivity contribution < 1.29 is 17.9 Å². The highest BCUT2D eigenvalue weighted by molar-refractivity contribution is 6.34. The van der Waals surface area contributed by atoms with Crippen LogP contribution in [0.5, 0.6) is 5.75 Å². The highest BCUT2D eigenvalue weighted by Gasteiger charge is 2.61. The largest absolute Gasteiger partial charge is 0.472 e. The van der Waals surface area contributed by atoms with Crippen molar-refractivity contribution in [2.75, 3.05) is 0 Å². The van der Waals surface area contributed by atoms with E-state index in [0.717, 1.165) is 0 Å². The molecular weight excluding hydrogens is 350 g/mol. The van der Waals surface area contributed by atoms with Gasteiger partial charge in [0.2, 0.25) is 5.60 Å². The van der Waals surface area contributed by atoms with Gasteiger partial charge in [0.05, 0.1) is 11.6 Å². The maximum atomic E-state index is 13.8. The molecule has 1 aliphatic rings. The molecule has 0 radical (unpaired) electrons. The Morgan fingerprint density at radius 1 is 1.09 bits per heavy atom. The fraction of sp³-hybridized carbons (Fsp3) is 0.188. The first kappa shape index (κ1) is 16.0. The maximum absolute atomic E-state index is 13.8. The van der Waals surface area contributed by atoms with E-state index < -0.39 is 18.2 Å². The lowest BCUT2D eigenvalue weighted by Crippen LogP contribution is -2.46. The van der Waals surface area contributed by atoms with E-state index in [0.29, 0.717) is 5.56 Å². The van der Waals surface area contributed by atoms with Crippen LogP contribution in [-0.2, 0) is 12.0 Å². The molecule has 0 N–H and O–H groups in total. The second-order valence-electron chi connectivity index (χ2n) is 5.20. The van der Waals surface area contributed by atoms with Crippen LogP contribution in [0.2, 0.25) is 10.0 Å². The van der Waals surface area contributed by atoms with Crippen LogP contribution in [-0.4, -0.2) is 6.18 Å². The fourth-order valence-corrected chi connectivity index (χ4v) is 3.17. The number of nitrogens with zero attached hydrogens (tertiary/aromatic N) is 1. The zero-order valence-electron chi connectivity index (χ0n) is 11.4. The summed E-state index contributed by atoms with van der Waals surface area (Å²) in [7, 11) is 0. The van der Waals surface area contributed by atoms with Gasteiger partial charge in [-0.3, -0.25) is 0 Å².